The third-order valence-electron chi connectivity index (χ3n) is 2.33. The number of aryl methyl sites for hydroxylation is 2. The smallest absolute Gasteiger partial charge is 0.303 e. The van der Waals surface area contributed by atoms with E-state index < -0.39 is 5.97 Å². The quantitative estimate of drug-likeness (QED) is 0.781. The van der Waals surface area contributed by atoms with Crippen molar-refractivity contribution in [2.24, 2.45) is 0 Å². The zero-order valence-corrected chi connectivity index (χ0v) is 9.93. The molecule has 1 aromatic rings. The van der Waals surface area contributed by atoms with Gasteiger partial charge in [-0.3, -0.25) is 4.79 Å². The highest BCUT2D eigenvalue weighted by atomic mass is 32.2. The molecule has 0 aliphatic rings. The molecule has 1 rings (SSSR count). The summed E-state index contributed by atoms with van der Waals surface area (Å²) in [6, 6.07) is 6.33. The lowest BCUT2D eigenvalue weighted by Crippen LogP contribution is -1.96. The monoisotopic (exact) mass is 224 g/mol. The molecule has 0 saturated carbocycles. The fraction of sp³-hybridized carbons (Fsp3) is 0.417. The van der Waals surface area contributed by atoms with Gasteiger partial charge in [-0.1, -0.05) is 12.1 Å². The number of hydrogen-bond donors (Lipinski definition) is 1. The lowest BCUT2D eigenvalue weighted by molar-refractivity contribution is -0.137. The Morgan fingerprint density at radius 2 is 2.20 bits per heavy atom. The van der Waals surface area contributed by atoms with Crippen LogP contribution in [0.25, 0.3) is 0 Å². The molecule has 82 valence electrons. The van der Waals surface area contributed by atoms with Gasteiger partial charge in [0.05, 0.1) is 0 Å². The van der Waals surface area contributed by atoms with Crippen molar-refractivity contribution in [3.63, 3.8) is 0 Å². The number of carboxylic acids is 1. The van der Waals surface area contributed by atoms with Gasteiger partial charge in [0.25, 0.3) is 0 Å². The van der Waals surface area contributed by atoms with Gasteiger partial charge in [-0.05, 0) is 43.2 Å². The highest BCUT2D eigenvalue weighted by molar-refractivity contribution is 7.98. The second-order valence-corrected chi connectivity index (χ2v) is 4.40. The lowest BCUT2D eigenvalue weighted by atomic mass is 10.1. The molecule has 0 amide bonds. The van der Waals surface area contributed by atoms with Crippen LogP contribution in [0.2, 0.25) is 0 Å². The second-order valence-electron chi connectivity index (χ2n) is 3.55. The number of carbonyl (C=O) groups is 1. The van der Waals surface area contributed by atoms with Crippen LogP contribution in [0.5, 0.6) is 0 Å². The predicted molar refractivity (Wildman–Crippen MR) is 63.5 cm³/mol. The summed E-state index contributed by atoms with van der Waals surface area (Å²) in [6.07, 6.45) is 3.87. The molecule has 0 aliphatic carbocycles. The van der Waals surface area contributed by atoms with Crippen LogP contribution in [0, 0.1) is 6.92 Å². The van der Waals surface area contributed by atoms with E-state index in [4.69, 9.17) is 5.11 Å². The van der Waals surface area contributed by atoms with Gasteiger partial charge in [0.2, 0.25) is 0 Å². The van der Waals surface area contributed by atoms with Crippen LogP contribution < -0.4 is 0 Å². The first-order chi connectivity index (χ1) is 7.13. The highest BCUT2D eigenvalue weighted by Gasteiger charge is 2.01. The molecule has 3 heteroatoms. The van der Waals surface area contributed by atoms with Gasteiger partial charge in [-0.2, -0.15) is 0 Å². The Hall–Kier alpha value is -0.960. The van der Waals surface area contributed by atoms with Crippen molar-refractivity contribution >= 4 is 17.7 Å². The van der Waals surface area contributed by atoms with Crippen LogP contribution in [0.4, 0.5) is 0 Å². The van der Waals surface area contributed by atoms with Gasteiger partial charge in [-0.15, -0.1) is 11.8 Å². The molecule has 1 N–H and O–H groups in total. The molecule has 0 spiro atoms. The highest BCUT2D eigenvalue weighted by Crippen LogP contribution is 2.21. The average Bonchev–Trinajstić information content (AvgIpc) is 2.20. The van der Waals surface area contributed by atoms with Crippen molar-refractivity contribution in [1.29, 1.82) is 0 Å². The number of carboxylic acid groups (broad SMARTS) is 1. The number of hydrogen-bond acceptors (Lipinski definition) is 2. The van der Waals surface area contributed by atoms with Crippen molar-refractivity contribution in [3.05, 3.63) is 29.3 Å². The second kappa shape index (κ2) is 5.81. The zero-order chi connectivity index (χ0) is 11.3. The first kappa shape index (κ1) is 12.1. The first-order valence-electron chi connectivity index (χ1n) is 4.99. The normalized spacial score (nSPS) is 10.3. The Bertz CT molecular complexity index is 347. The minimum atomic E-state index is -0.716. The summed E-state index contributed by atoms with van der Waals surface area (Å²) in [5, 5.41) is 8.53. The average molecular weight is 224 g/mol. The van der Waals surface area contributed by atoms with E-state index in [0.717, 1.165) is 6.42 Å². The Kier molecular flexibility index (Phi) is 4.69. The SMILES string of the molecule is CSc1cc(CCCC(=O)O)ccc1C. The lowest BCUT2D eigenvalue weighted by Gasteiger charge is -2.05. The van der Waals surface area contributed by atoms with Crippen molar-refractivity contribution in [2.75, 3.05) is 6.26 Å². The Morgan fingerprint density at radius 3 is 2.80 bits per heavy atom. The minimum Gasteiger partial charge on any atom is -0.481 e. The molecule has 2 nitrogen and oxygen atoms in total. The summed E-state index contributed by atoms with van der Waals surface area (Å²) in [6.45, 7) is 2.09. The molecule has 0 saturated heterocycles. The van der Waals surface area contributed by atoms with E-state index in [1.165, 1.54) is 16.0 Å². The van der Waals surface area contributed by atoms with Gasteiger partial charge in [-0.25, -0.2) is 0 Å². The minimum absolute atomic E-state index is 0.252. The van der Waals surface area contributed by atoms with E-state index in [-0.39, 0.29) is 6.42 Å². The van der Waals surface area contributed by atoms with E-state index in [1.807, 2.05) is 0 Å². The molecule has 0 heterocycles. The number of aliphatic carboxylic acids is 1. The molecule has 0 aromatic heterocycles. The van der Waals surface area contributed by atoms with E-state index in [1.54, 1.807) is 11.8 Å². The maximum absolute atomic E-state index is 10.4. The summed E-state index contributed by atoms with van der Waals surface area (Å²) in [5.41, 5.74) is 2.51. The van der Waals surface area contributed by atoms with Crippen molar-refractivity contribution in [3.8, 4) is 0 Å². The molecule has 0 unspecified atom stereocenters. The molecule has 0 radical (unpaired) electrons. The molecule has 15 heavy (non-hydrogen) atoms. The Labute approximate surface area is 94.7 Å². The van der Waals surface area contributed by atoms with Crippen LogP contribution in [-0.4, -0.2) is 17.3 Å². The van der Waals surface area contributed by atoms with Crippen LogP contribution in [0.3, 0.4) is 0 Å². The van der Waals surface area contributed by atoms with Gasteiger partial charge >= 0.3 is 5.97 Å². The zero-order valence-electron chi connectivity index (χ0n) is 9.12. The molecule has 0 atom stereocenters. The van der Waals surface area contributed by atoms with Gasteiger partial charge in [0.15, 0.2) is 0 Å². The molecule has 0 fully saturated rings. The molecule has 0 bridgehead atoms. The number of benzene rings is 1. The van der Waals surface area contributed by atoms with Crippen molar-refractivity contribution in [2.45, 2.75) is 31.1 Å². The fourth-order valence-electron chi connectivity index (χ4n) is 1.46. The van der Waals surface area contributed by atoms with E-state index in [2.05, 4.69) is 31.4 Å². The van der Waals surface area contributed by atoms with Crippen LogP contribution in [0.15, 0.2) is 23.1 Å². The van der Waals surface area contributed by atoms with Gasteiger partial charge in [0, 0.05) is 11.3 Å². The van der Waals surface area contributed by atoms with Crippen LogP contribution in [-0.2, 0) is 11.2 Å². The predicted octanol–water partition coefficient (Wildman–Crippen LogP) is 3.12. The standard InChI is InChI=1S/C12H16O2S/c1-9-6-7-10(8-11(9)15-2)4-3-5-12(13)14/h6-8H,3-5H2,1-2H3,(H,13,14). The largest absolute Gasteiger partial charge is 0.481 e. The maximum atomic E-state index is 10.4. The molecular weight excluding hydrogens is 208 g/mol. The fourth-order valence-corrected chi connectivity index (χ4v) is 2.12. The molecule has 0 aliphatic heterocycles. The Morgan fingerprint density at radius 1 is 1.47 bits per heavy atom. The summed E-state index contributed by atoms with van der Waals surface area (Å²) in [4.78, 5) is 11.6. The van der Waals surface area contributed by atoms with E-state index >= 15 is 0 Å². The van der Waals surface area contributed by atoms with Crippen LogP contribution in [0.1, 0.15) is 24.0 Å². The summed E-state index contributed by atoms with van der Waals surface area (Å²) in [5.74, 6) is -0.716. The maximum Gasteiger partial charge on any atom is 0.303 e. The van der Waals surface area contributed by atoms with Crippen LogP contribution >= 0.6 is 11.8 Å². The Balaban J connectivity index is 2.58. The third kappa shape index (κ3) is 3.96. The van der Waals surface area contributed by atoms with Gasteiger partial charge < -0.3 is 5.11 Å². The van der Waals surface area contributed by atoms with Crippen molar-refractivity contribution in [1.82, 2.24) is 0 Å². The summed E-state index contributed by atoms with van der Waals surface area (Å²) in [7, 11) is 0. The first-order valence-corrected chi connectivity index (χ1v) is 6.21. The van der Waals surface area contributed by atoms with E-state index in [0.29, 0.717) is 6.42 Å². The summed E-state index contributed by atoms with van der Waals surface area (Å²) >= 11 is 1.73. The topological polar surface area (TPSA) is 37.3 Å². The number of thioether (sulfide) groups is 1. The van der Waals surface area contributed by atoms with Gasteiger partial charge in [0.1, 0.15) is 0 Å². The molecule has 1 aromatic carbocycles. The number of rotatable bonds is 5. The molecular formula is C12H16O2S. The summed E-state index contributed by atoms with van der Waals surface area (Å²) < 4.78 is 0. The van der Waals surface area contributed by atoms with Crippen molar-refractivity contribution < 1.29 is 9.90 Å². The third-order valence-corrected chi connectivity index (χ3v) is 3.21. The van der Waals surface area contributed by atoms with E-state index in [9.17, 15) is 4.79 Å².